The van der Waals surface area contributed by atoms with Crippen molar-refractivity contribution in [3.05, 3.63) is 34.3 Å². The SMILES string of the molecule is COc1ccc(-c2nc3c(s2)CCCC3O)cc1C. The van der Waals surface area contributed by atoms with Gasteiger partial charge in [-0.15, -0.1) is 11.3 Å². The van der Waals surface area contributed by atoms with E-state index in [1.54, 1.807) is 18.4 Å². The van der Waals surface area contributed by atoms with Crippen molar-refractivity contribution in [2.75, 3.05) is 7.11 Å². The van der Waals surface area contributed by atoms with Gasteiger partial charge in [-0.25, -0.2) is 4.98 Å². The van der Waals surface area contributed by atoms with Crippen molar-refractivity contribution in [3.8, 4) is 16.3 Å². The first-order chi connectivity index (χ1) is 9.19. The van der Waals surface area contributed by atoms with Gasteiger partial charge >= 0.3 is 0 Å². The average molecular weight is 275 g/mol. The summed E-state index contributed by atoms with van der Waals surface area (Å²) in [5, 5.41) is 11.0. The van der Waals surface area contributed by atoms with Crippen molar-refractivity contribution in [1.82, 2.24) is 4.98 Å². The summed E-state index contributed by atoms with van der Waals surface area (Å²) < 4.78 is 5.28. The van der Waals surface area contributed by atoms with Gasteiger partial charge in [-0.3, -0.25) is 0 Å². The van der Waals surface area contributed by atoms with E-state index in [1.807, 2.05) is 19.1 Å². The van der Waals surface area contributed by atoms with Crippen molar-refractivity contribution >= 4 is 11.3 Å². The minimum Gasteiger partial charge on any atom is -0.496 e. The molecule has 0 saturated heterocycles. The van der Waals surface area contributed by atoms with E-state index in [0.717, 1.165) is 46.8 Å². The summed E-state index contributed by atoms with van der Waals surface area (Å²) >= 11 is 1.70. The third-order valence-corrected chi connectivity index (χ3v) is 4.75. The van der Waals surface area contributed by atoms with E-state index in [2.05, 4.69) is 11.1 Å². The lowest BCUT2D eigenvalue weighted by atomic mass is 10.0. The highest BCUT2D eigenvalue weighted by Crippen LogP contribution is 2.37. The minimum atomic E-state index is -0.381. The smallest absolute Gasteiger partial charge is 0.124 e. The molecule has 0 fully saturated rings. The lowest BCUT2D eigenvalue weighted by Gasteiger charge is -2.14. The lowest BCUT2D eigenvalue weighted by molar-refractivity contribution is 0.153. The first kappa shape index (κ1) is 12.6. The zero-order chi connectivity index (χ0) is 13.4. The molecule has 0 amide bonds. The lowest BCUT2D eigenvalue weighted by Crippen LogP contribution is -2.07. The van der Waals surface area contributed by atoms with Gasteiger partial charge in [0.25, 0.3) is 0 Å². The number of ether oxygens (including phenoxy) is 1. The molecule has 1 unspecified atom stereocenters. The summed E-state index contributed by atoms with van der Waals surface area (Å²) in [6, 6.07) is 6.10. The molecule has 0 radical (unpaired) electrons. The Morgan fingerprint density at radius 2 is 2.26 bits per heavy atom. The van der Waals surface area contributed by atoms with Gasteiger partial charge in [-0.05, 0) is 49.9 Å². The fourth-order valence-corrected chi connectivity index (χ4v) is 3.69. The number of aliphatic hydroxyl groups is 1. The molecule has 3 nitrogen and oxygen atoms in total. The van der Waals surface area contributed by atoms with Crippen LogP contribution in [0.5, 0.6) is 5.75 Å². The second kappa shape index (κ2) is 4.94. The first-order valence-corrected chi connectivity index (χ1v) is 7.33. The molecule has 1 aliphatic carbocycles. The third-order valence-electron chi connectivity index (χ3n) is 3.57. The van der Waals surface area contributed by atoms with E-state index in [0.29, 0.717) is 0 Å². The highest BCUT2D eigenvalue weighted by atomic mass is 32.1. The van der Waals surface area contributed by atoms with E-state index < -0.39 is 0 Å². The van der Waals surface area contributed by atoms with Crippen molar-refractivity contribution in [3.63, 3.8) is 0 Å². The van der Waals surface area contributed by atoms with Gasteiger partial charge in [0.15, 0.2) is 0 Å². The second-order valence-corrected chi connectivity index (χ2v) is 6.00. The van der Waals surface area contributed by atoms with E-state index in [-0.39, 0.29) is 6.10 Å². The number of benzene rings is 1. The Hall–Kier alpha value is -1.39. The quantitative estimate of drug-likeness (QED) is 0.912. The predicted octanol–water partition coefficient (Wildman–Crippen LogP) is 3.50. The van der Waals surface area contributed by atoms with Gasteiger partial charge in [0, 0.05) is 10.4 Å². The van der Waals surface area contributed by atoms with Crippen molar-refractivity contribution in [2.24, 2.45) is 0 Å². The number of hydrogen-bond donors (Lipinski definition) is 1. The van der Waals surface area contributed by atoms with Crippen LogP contribution in [0.1, 0.15) is 35.1 Å². The molecule has 1 aromatic heterocycles. The standard InChI is InChI=1S/C15H17NO2S/c1-9-8-10(6-7-12(9)18-2)15-16-14-11(17)4-3-5-13(14)19-15/h6-8,11,17H,3-5H2,1-2H3. The van der Waals surface area contributed by atoms with Gasteiger partial charge in [0.1, 0.15) is 10.8 Å². The number of fused-ring (bicyclic) bond motifs is 1. The van der Waals surface area contributed by atoms with Crippen molar-refractivity contribution in [2.45, 2.75) is 32.3 Å². The van der Waals surface area contributed by atoms with Crippen molar-refractivity contribution < 1.29 is 9.84 Å². The summed E-state index contributed by atoms with van der Waals surface area (Å²) in [5.41, 5.74) is 3.10. The molecule has 0 bridgehead atoms. The monoisotopic (exact) mass is 275 g/mol. The first-order valence-electron chi connectivity index (χ1n) is 6.51. The van der Waals surface area contributed by atoms with E-state index in [1.165, 1.54) is 4.88 Å². The summed E-state index contributed by atoms with van der Waals surface area (Å²) in [5.74, 6) is 0.894. The number of methoxy groups -OCH3 is 1. The molecule has 1 heterocycles. The van der Waals surface area contributed by atoms with Gasteiger partial charge in [0.2, 0.25) is 0 Å². The highest BCUT2D eigenvalue weighted by molar-refractivity contribution is 7.15. The molecule has 1 aromatic carbocycles. The Kier molecular flexibility index (Phi) is 3.29. The normalized spacial score (nSPS) is 18.2. The number of hydrogen-bond acceptors (Lipinski definition) is 4. The van der Waals surface area contributed by atoms with Crippen LogP contribution in [0.25, 0.3) is 10.6 Å². The van der Waals surface area contributed by atoms with Crippen LogP contribution in [0.4, 0.5) is 0 Å². The van der Waals surface area contributed by atoms with Crippen LogP contribution < -0.4 is 4.74 Å². The van der Waals surface area contributed by atoms with E-state index in [9.17, 15) is 5.11 Å². The molecule has 3 rings (SSSR count). The minimum absolute atomic E-state index is 0.381. The molecule has 0 aliphatic heterocycles. The summed E-state index contributed by atoms with van der Waals surface area (Å²) in [6.07, 6.45) is 2.54. The highest BCUT2D eigenvalue weighted by Gasteiger charge is 2.23. The summed E-state index contributed by atoms with van der Waals surface area (Å²) in [6.45, 7) is 2.03. The van der Waals surface area contributed by atoms with Gasteiger partial charge in [-0.1, -0.05) is 0 Å². The van der Waals surface area contributed by atoms with E-state index >= 15 is 0 Å². The average Bonchev–Trinajstić information content (AvgIpc) is 2.84. The van der Waals surface area contributed by atoms with Crippen molar-refractivity contribution in [1.29, 1.82) is 0 Å². The number of nitrogens with zero attached hydrogens (tertiary/aromatic N) is 1. The molecule has 0 spiro atoms. The van der Waals surface area contributed by atoms with Gasteiger partial charge in [0.05, 0.1) is 18.9 Å². The van der Waals surface area contributed by atoms with E-state index in [4.69, 9.17) is 4.74 Å². The fraction of sp³-hybridized carbons (Fsp3) is 0.400. The number of aryl methyl sites for hydroxylation is 2. The van der Waals surface area contributed by atoms with Gasteiger partial charge < -0.3 is 9.84 Å². The Balaban J connectivity index is 2.01. The molecule has 4 heteroatoms. The molecule has 0 saturated carbocycles. The Labute approximate surface area is 116 Å². The topological polar surface area (TPSA) is 42.4 Å². The van der Waals surface area contributed by atoms with Crippen LogP contribution in [0, 0.1) is 6.92 Å². The maximum absolute atomic E-state index is 9.98. The number of aromatic nitrogens is 1. The van der Waals surface area contributed by atoms with Crippen LogP contribution in [0.15, 0.2) is 18.2 Å². The summed E-state index contributed by atoms with van der Waals surface area (Å²) in [7, 11) is 1.68. The maximum Gasteiger partial charge on any atom is 0.124 e. The molecule has 2 aromatic rings. The molecule has 19 heavy (non-hydrogen) atoms. The zero-order valence-electron chi connectivity index (χ0n) is 11.1. The zero-order valence-corrected chi connectivity index (χ0v) is 12.0. The van der Waals surface area contributed by atoms with Gasteiger partial charge in [-0.2, -0.15) is 0 Å². The van der Waals surface area contributed by atoms with Crippen LogP contribution in [-0.2, 0) is 6.42 Å². The molecule has 1 N–H and O–H groups in total. The number of aliphatic hydroxyl groups excluding tert-OH is 1. The molecule has 100 valence electrons. The Morgan fingerprint density at radius 1 is 1.42 bits per heavy atom. The number of thiazole rings is 1. The van der Waals surface area contributed by atoms with Crippen LogP contribution in [0.2, 0.25) is 0 Å². The van der Waals surface area contributed by atoms with Crippen LogP contribution in [0.3, 0.4) is 0 Å². The molecule has 1 atom stereocenters. The fourth-order valence-electron chi connectivity index (χ4n) is 2.53. The number of rotatable bonds is 2. The second-order valence-electron chi connectivity index (χ2n) is 4.92. The molecular weight excluding hydrogens is 258 g/mol. The molecule has 1 aliphatic rings. The summed E-state index contributed by atoms with van der Waals surface area (Å²) in [4.78, 5) is 5.86. The predicted molar refractivity (Wildman–Crippen MR) is 76.7 cm³/mol. The maximum atomic E-state index is 9.98. The third kappa shape index (κ3) is 2.26. The largest absolute Gasteiger partial charge is 0.496 e. The Bertz CT molecular complexity index is 606. The Morgan fingerprint density at radius 3 is 2.95 bits per heavy atom. The molecular formula is C15H17NO2S. The van der Waals surface area contributed by atoms with Crippen LogP contribution >= 0.6 is 11.3 Å². The van der Waals surface area contributed by atoms with Crippen LogP contribution in [-0.4, -0.2) is 17.2 Å².